The van der Waals surface area contributed by atoms with E-state index >= 15 is 0 Å². The van der Waals surface area contributed by atoms with Crippen LogP contribution in [-0.2, 0) is 16.6 Å². The summed E-state index contributed by atoms with van der Waals surface area (Å²) in [6.07, 6.45) is 0. The van der Waals surface area contributed by atoms with Gasteiger partial charge in [0.05, 0.1) is 21.4 Å². The molecular weight excluding hydrogens is 273 g/mol. The Labute approximate surface area is 112 Å². The number of halogens is 2. The van der Waals surface area contributed by atoms with Crippen LogP contribution in [0.15, 0.2) is 47.4 Å². The zero-order chi connectivity index (χ0) is 13.1. The van der Waals surface area contributed by atoms with Gasteiger partial charge < -0.3 is 5.73 Å². The molecule has 0 aliphatic heterocycles. The molecule has 0 saturated heterocycles. The minimum absolute atomic E-state index is 0.171. The molecule has 5 heteroatoms. The van der Waals surface area contributed by atoms with Crippen molar-refractivity contribution in [3.05, 3.63) is 58.9 Å². The molecule has 0 fully saturated rings. The molecule has 2 N–H and O–H groups in total. The topological polar surface area (TPSA) is 43.1 Å². The van der Waals surface area contributed by atoms with E-state index in [0.717, 1.165) is 0 Å². The van der Waals surface area contributed by atoms with Crippen LogP contribution in [0.3, 0.4) is 0 Å². The zero-order valence-electron chi connectivity index (χ0n) is 9.40. The fourth-order valence-corrected chi connectivity index (χ4v) is 2.94. The van der Waals surface area contributed by atoms with Gasteiger partial charge in [0.15, 0.2) is 0 Å². The number of hydrogen-bond donors (Lipinski definition) is 1. The van der Waals surface area contributed by atoms with E-state index in [0.29, 0.717) is 16.3 Å². The number of nitrogens with two attached hydrogens (primary N) is 1. The van der Waals surface area contributed by atoms with E-state index in [1.807, 2.05) is 0 Å². The first-order valence-electron chi connectivity index (χ1n) is 5.25. The third-order valence-corrected chi connectivity index (χ3v) is 4.11. The molecule has 1 atom stereocenters. The molecule has 18 heavy (non-hydrogen) atoms. The Morgan fingerprint density at radius 3 is 2.61 bits per heavy atom. The maximum Gasteiger partial charge on any atom is 0.139 e. The molecule has 0 radical (unpaired) electrons. The van der Waals surface area contributed by atoms with Crippen molar-refractivity contribution < 1.29 is 8.60 Å². The summed E-state index contributed by atoms with van der Waals surface area (Å²) in [6, 6.07) is 11.0. The molecule has 0 aliphatic rings. The number of nitrogen functional groups attached to an aromatic ring is 1. The highest BCUT2D eigenvalue weighted by molar-refractivity contribution is 7.84. The molecule has 0 saturated carbocycles. The molecule has 0 aliphatic carbocycles. The van der Waals surface area contributed by atoms with Crippen LogP contribution in [0.25, 0.3) is 0 Å². The molecule has 0 aromatic heterocycles. The second-order valence-electron chi connectivity index (χ2n) is 3.76. The lowest BCUT2D eigenvalue weighted by molar-refractivity contribution is 0.595. The summed E-state index contributed by atoms with van der Waals surface area (Å²) in [4.78, 5) is 0.187. The highest BCUT2D eigenvalue weighted by Crippen LogP contribution is 2.22. The summed E-state index contributed by atoms with van der Waals surface area (Å²) in [5.74, 6) is -0.299. The van der Waals surface area contributed by atoms with Gasteiger partial charge in [-0.25, -0.2) is 4.39 Å². The van der Waals surface area contributed by atoms with Crippen LogP contribution in [-0.4, -0.2) is 4.21 Å². The number of rotatable bonds is 3. The molecule has 2 aromatic carbocycles. The first-order valence-corrected chi connectivity index (χ1v) is 6.94. The first kappa shape index (κ1) is 13.1. The standard InChI is InChI=1S/C13H11ClFNOS/c14-10-6-5-9(12(16)7-10)8-18(17)13-4-2-1-3-11(13)15/h1-7H,8,16H2. The van der Waals surface area contributed by atoms with Gasteiger partial charge >= 0.3 is 0 Å². The highest BCUT2D eigenvalue weighted by atomic mass is 35.5. The molecule has 1 unspecified atom stereocenters. The van der Waals surface area contributed by atoms with Crippen molar-refractivity contribution in [2.75, 3.05) is 5.73 Å². The summed E-state index contributed by atoms with van der Waals surface area (Å²) in [5.41, 5.74) is 6.93. The molecule has 0 bridgehead atoms. The van der Waals surface area contributed by atoms with E-state index in [2.05, 4.69) is 0 Å². The van der Waals surface area contributed by atoms with E-state index in [9.17, 15) is 8.60 Å². The predicted octanol–water partition coefficient (Wildman–Crippen LogP) is 3.37. The van der Waals surface area contributed by atoms with Crippen molar-refractivity contribution in [2.24, 2.45) is 0 Å². The maximum absolute atomic E-state index is 13.5. The van der Waals surface area contributed by atoms with Crippen molar-refractivity contribution in [3.8, 4) is 0 Å². The van der Waals surface area contributed by atoms with Crippen molar-refractivity contribution in [3.63, 3.8) is 0 Å². The van der Waals surface area contributed by atoms with Crippen molar-refractivity contribution in [2.45, 2.75) is 10.6 Å². The van der Waals surface area contributed by atoms with E-state index in [1.165, 1.54) is 12.1 Å². The zero-order valence-corrected chi connectivity index (χ0v) is 11.0. The molecule has 2 nitrogen and oxygen atoms in total. The quantitative estimate of drug-likeness (QED) is 0.878. The third-order valence-electron chi connectivity index (χ3n) is 2.48. The van der Waals surface area contributed by atoms with E-state index < -0.39 is 16.6 Å². The monoisotopic (exact) mass is 283 g/mol. The van der Waals surface area contributed by atoms with Gasteiger partial charge in [0.2, 0.25) is 0 Å². The fourth-order valence-electron chi connectivity index (χ4n) is 1.55. The number of hydrogen-bond acceptors (Lipinski definition) is 2. The van der Waals surface area contributed by atoms with Crippen LogP contribution in [0.4, 0.5) is 10.1 Å². The Morgan fingerprint density at radius 2 is 1.94 bits per heavy atom. The second kappa shape index (κ2) is 5.50. The van der Waals surface area contributed by atoms with Gasteiger partial charge in [-0.15, -0.1) is 0 Å². The highest BCUT2D eigenvalue weighted by Gasteiger charge is 2.11. The van der Waals surface area contributed by atoms with Gasteiger partial charge in [-0.2, -0.15) is 0 Å². The van der Waals surface area contributed by atoms with Crippen LogP contribution < -0.4 is 5.73 Å². The Morgan fingerprint density at radius 1 is 1.22 bits per heavy atom. The molecule has 0 heterocycles. The Hall–Kier alpha value is -1.39. The SMILES string of the molecule is Nc1cc(Cl)ccc1CS(=O)c1ccccc1F. The summed E-state index contributed by atoms with van der Waals surface area (Å²) in [7, 11) is -1.46. The van der Waals surface area contributed by atoms with Gasteiger partial charge in [0.25, 0.3) is 0 Å². The smallest absolute Gasteiger partial charge is 0.139 e. The minimum atomic E-state index is -1.46. The number of benzene rings is 2. The normalized spacial score (nSPS) is 12.3. The lowest BCUT2D eigenvalue weighted by atomic mass is 10.2. The Bertz CT molecular complexity index is 603. The largest absolute Gasteiger partial charge is 0.398 e. The van der Waals surface area contributed by atoms with Crippen LogP contribution >= 0.6 is 11.6 Å². The van der Waals surface area contributed by atoms with E-state index in [1.54, 1.807) is 30.3 Å². The van der Waals surface area contributed by atoms with Crippen LogP contribution in [0.1, 0.15) is 5.56 Å². The number of anilines is 1. The van der Waals surface area contributed by atoms with Crippen LogP contribution in [0.2, 0.25) is 5.02 Å². The second-order valence-corrected chi connectivity index (χ2v) is 5.62. The average molecular weight is 284 g/mol. The molecule has 0 spiro atoms. The predicted molar refractivity (Wildman–Crippen MR) is 72.4 cm³/mol. The third kappa shape index (κ3) is 2.89. The molecule has 0 amide bonds. The lowest BCUT2D eigenvalue weighted by Gasteiger charge is -2.07. The average Bonchev–Trinajstić information content (AvgIpc) is 2.33. The van der Waals surface area contributed by atoms with Crippen molar-refractivity contribution in [1.82, 2.24) is 0 Å². The van der Waals surface area contributed by atoms with Crippen molar-refractivity contribution in [1.29, 1.82) is 0 Å². The van der Waals surface area contributed by atoms with E-state index in [4.69, 9.17) is 17.3 Å². The maximum atomic E-state index is 13.5. The summed E-state index contributed by atoms with van der Waals surface area (Å²) in [6.45, 7) is 0. The minimum Gasteiger partial charge on any atom is -0.398 e. The van der Waals surface area contributed by atoms with Crippen molar-refractivity contribution >= 4 is 28.1 Å². The first-order chi connectivity index (χ1) is 8.58. The van der Waals surface area contributed by atoms with E-state index in [-0.39, 0.29) is 10.6 Å². The van der Waals surface area contributed by atoms with Gasteiger partial charge in [0.1, 0.15) is 5.82 Å². The van der Waals surface area contributed by atoms with Gasteiger partial charge in [-0.3, -0.25) is 4.21 Å². The molecular formula is C13H11ClFNOS. The molecule has 2 rings (SSSR count). The van der Waals surface area contributed by atoms with Crippen LogP contribution in [0.5, 0.6) is 0 Å². The van der Waals surface area contributed by atoms with Gasteiger partial charge in [-0.1, -0.05) is 29.8 Å². The summed E-state index contributed by atoms with van der Waals surface area (Å²) in [5, 5.41) is 0.521. The fraction of sp³-hybridized carbons (Fsp3) is 0.0769. The molecule has 2 aromatic rings. The Balaban J connectivity index is 2.24. The Kier molecular flexibility index (Phi) is 3.99. The molecule has 94 valence electrons. The summed E-state index contributed by atoms with van der Waals surface area (Å²) >= 11 is 5.78. The lowest BCUT2D eigenvalue weighted by Crippen LogP contribution is -2.02. The van der Waals surface area contributed by atoms with Gasteiger partial charge in [-0.05, 0) is 29.8 Å². The summed E-state index contributed by atoms with van der Waals surface area (Å²) < 4.78 is 25.5. The van der Waals surface area contributed by atoms with Gasteiger partial charge in [0, 0.05) is 10.7 Å². The van der Waals surface area contributed by atoms with Crippen LogP contribution in [0, 0.1) is 5.82 Å².